The zero-order chi connectivity index (χ0) is 10.9. The van der Waals surface area contributed by atoms with Gasteiger partial charge < -0.3 is 10.6 Å². The Balaban J connectivity index is 0.00000128. The van der Waals surface area contributed by atoms with E-state index >= 15 is 0 Å². The van der Waals surface area contributed by atoms with Crippen molar-refractivity contribution in [1.82, 2.24) is 4.90 Å². The Labute approximate surface area is 104 Å². The summed E-state index contributed by atoms with van der Waals surface area (Å²) < 4.78 is 0. The summed E-state index contributed by atoms with van der Waals surface area (Å²) in [6, 6.07) is 0. The van der Waals surface area contributed by atoms with Gasteiger partial charge in [0.05, 0.1) is 0 Å². The van der Waals surface area contributed by atoms with Gasteiger partial charge in [-0.15, -0.1) is 12.4 Å². The number of likely N-dealkylation sites (tertiary alicyclic amines) is 1. The van der Waals surface area contributed by atoms with E-state index < -0.39 is 0 Å². The first-order valence-electron chi connectivity index (χ1n) is 6.11. The Hall–Kier alpha value is -0.280. The molecule has 4 heteroatoms. The number of carbonyl (C=O) groups is 1. The van der Waals surface area contributed by atoms with Gasteiger partial charge in [-0.05, 0) is 30.7 Å². The van der Waals surface area contributed by atoms with E-state index in [0.29, 0.717) is 12.5 Å². The molecule has 1 aliphatic heterocycles. The lowest BCUT2D eigenvalue weighted by Crippen LogP contribution is -2.34. The molecule has 0 radical (unpaired) electrons. The highest BCUT2D eigenvalue weighted by molar-refractivity contribution is 5.85. The number of carbonyl (C=O) groups excluding carboxylic acids is 1. The molecule has 2 N–H and O–H groups in total. The van der Waals surface area contributed by atoms with E-state index in [1.165, 1.54) is 12.8 Å². The SMILES string of the molecule is CC1(CN)CCN(C(=O)CCC2CC2)C1.Cl. The predicted octanol–water partition coefficient (Wildman–Crippen LogP) is 1.80. The molecule has 2 fully saturated rings. The van der Waals surface area contributed by atoms with Gasteiger partial charge in [0.1, 0.15) is 0 Å². The molecule has 1 aliphatic carbocycles. The van der Waals surface area contributed by atoms with Gasteiger partial charge in [0, 0.05) is 19.5 Å². The van der Waals surface area contributed by atoms with E-state index in [-0.39, 0.29) is 17.8 Å². The third-order valence-corrected chi connectivity index (χ3v) is 3.87. The topological polar surface area (TPSA) is 46.3 Å². The van der Waals surface area contributed by atoms with Gasteiger partial charge in [-0.1, -0.05) is 19.8 Å². The van der Waals surface area contributed by atoms with Gasteiger partial charge in [-0.25, -0.2) is 0 Å². The fraction of sp³-hybridized carbons (Fsp3) is 0.917. The van der Waals surface area contributed by atoms with Crippen LogP contribution in [0, 0.1) is 11.3 Å². The highest BCUT2D eigenvalue weighted by atomic mass is 35.5. The largest absolute Gasteiger partial charge is 0.342 e. The van der Waals surface area contributed by atoms with Crippen LogP contribution < -0.4 is 5.73 Å². The first-order chi connectivity index (χ1) is 7.13. The Bertz CT molecular complexity index is 255. The minimum atomic E-state index is 0. The van der Waals surface area contributed by atoms with Crippen LogP contribution in [0.4, 0.5) is 0 Å². The molecule has 3 nitrogen and oxygen atoms in total. The van der Waals surface area contributed by atoms with Gasteiger partial charge in [0.15, 0.2) is 0 Å². The minimum absolute atomic E-state index is 0. The van der Waals surface area contributed by atoms with Crippen molar-refractivity contribution in [3.8, 4) is 0 Å². The van der Waals surface area contributed by atoms with E-state index in [1.807, 2.05) is 4.90 Å². The second-order valence-electron chi connectivity index (χ2n) is 5.56. The number of nitrogens with zero attached hydrogens (tertiary/aromatic N) is 1. The van der Waals surface area contributed by atoms with Crippen molar-refractivity contribution in [1.29, 1.82) is 0 Å². The summed E-state index contributed by atoms with van der Waals surface area (Å²) in [5.41, 5.74) is 5.90. The average Bonchev–Trinajstić information content (AvgIpc) is 2.98. The molecule has 1 saturated carbocycles. The van der Waals surface area contributed by atoms with Crippen molar-refractivity contribution in [3.05, 3.63) is 0 Å². The van der Waals surface area contributed by atoms with Crippen LogP contribution in [-0.2, 0) is 4.79 Å². The van der Waals surface area contributed by atoms with E-state index in [4.69, 9.17) is 5.73 Å². The molecule has 1 saturated heterocycles. The van der Waals surface area contributed by atoms with Crippen molar-refractivity contribution in [3.63, 3.8) is 0 Å². The van der Waals surface area contributed by atoms with Gasteiger partial charge in [0.2, 0.25) is 5.91 Å². The quantitative estimate of drug-likeness (QED) is 0.822. The van der Waals surface area contributed by atoms with E-state index in [1.54, 1.807) is 0 Å². The normalized spacial score (nSPS) is 29.0. The number of halogens is 1. The first kappa shape index (κ1) is 13.8. The molecule has 0 aromatic carbocycles. The van der Waals surface area contributed by atoms with Gasteiger partial charge >= 0.3 is 0 Å². The van der Waals surface area contributed by atoms with Crippen molar-refractivity contribution < 1.29 is 4.79 Å². The predicted molar refractivity (Wildman–Crippen MR) is 67.6 cm³/mol. The maximum Gasteiger partial charge on any atom is 0.222 e. The zero-order valence-corrected chi connectivity index (χ0v) is 10.9. The number of rotatable bonds is 4. The average molecular weight is 247 g/mol. The Morgan fingerprint density at radius 1 is 1.50 bits per heavy atom. The van der Waals surface area contributed by atoms with Gasteiger partial charge in [0.25, 0.3) is 0 Å². The summed E-state index contributed by atoms with van der Waals surface area (Å²) in [5, 5.41) is 0. The highest BCUT2D eigenvalue weighted by Gasteiger charge is 2.35. The number of hydrogen-bond donors (Lipinski definition) is 1. The van der Waals surface area contributed by atoms with Crippen LogP contribution in [0.2, 0.25) is 0 Å². The molecule has 1 unspecified atom stereocenters. The summed E-state index contributed by atoms with van der Waals surface area (Å²) in [5.74, 6) is 1.21. The number of amides is 1. The standard InChI is InChI=1S/C12H22N2O.ClH/c1-12(8-13)6-7-14(9-12)11(15)5-4-10-2-3-10;/h10H,2-9,13H2,1H3;1H. The molecule has 16 heavy (non-hydrogen) atoms. The lowest BCUT2D eigenvalue weighted by Gasteiger charge is -2.22. The fourth-order valence-electron chi connectivity index (χ4n) is 2.30. The molecule has 0 aromatic rings. The summed E-state index contributed by atoms with van der Waals surface area (Å²) in [6.45, 7) is 4.66. The van der Waals surface area contributed by atoms with Crippen LogP contribution >= 0.6 is 12.4 Å². The summed E-state index contributed by atoms with van der Waals surface area (Å²) in [4.78, 5) is 13.9. The van der Waals surface area contributed by atoms with Crippen molar-refractivity contribution >= 4 is 18.3 Å². The zero-order valence-electron chi connectivity index (χ0n) is 10.1. The highest BCUT2D eigenvalue weighted by Crippen LogP contribution is 2.34. The Morgan fingerprint density at radius 2 is 2.19 bits per heavy atom. The molecule has 1 amide bonds. The van der Waals surface area contributed by atoms with Crippen LogP contribution in [0.5, 0.6) is 0 Å². The monoisotopic (exact) mass is 246 g/mol. The molecular formula is C12H23ClN2O. The van der Waals surface area contributed by atoms with Crippen molar-refractivity contribution in [2.45, 2.75) is 39.0 Å². The molecule has 94 valence electrons. The second kappa shape index (κ2) is 5.37. The molecule has 2 rings (SSSR count). The van der Waals surface area contributed by atoms with Crippen molar-refractivity contribution in [2.75, 3.05) is 19.6 Å². The number of hydrogen-bond acceptors (Lipinski definition) is 2. The third-order valence-electron chi connectivity index (χ3n) is 3.87. The Kier molecular flexibility index (Phi) is 4.62. The summed E-state index contributed by atoms with van der Waals surface area (Å²) in [6.07, 6.45) is 5.61. The third kappa shape index (κ3) is 3.36. The molecule has 0 aromatic heterocycles. The fourth-order valence-corrected chi connectivity index (χ4v) is 2.30. The minimum Gasteiger partial charge on any atom is -0.342 e. The molecule has 0 spiro atoms. The van der Waals surface area contributed by atoms with Crippen LogP contribution in [0.1, 0.15) is 39.0 Å². The maximum absolute atomic E-state index is 11.9. The van der Waals surface area contributed by atoms with Crippen LogP contribution in [0.15, 0.2) is 0 Å². The lowest BCUT2D eigenvalue weighted by atomic mass is 9.90. The van der Waals surface area contributed by atoms with Crippen LogP contribution in [0.25, 0.3) is 0 Å². The van der Waals surface area contributed by atoms with E-state index in [0.717, 1.165) is 38.3 Å². The van der Waals surface area contributed by atoms with Gasteiger partial charge in [-0.3, -0.25) is 4.79 Å². The molecule has 1 atom stereocenters. The molecule has 0 bridgehead atoms. The lowest BCUT2D eigenvalue weighted by molar-refractivity contribution is -0.130. The molecular weight excluding hydrogens is 224 g/mol. The van der Waals surface area contributed by atoms with Crippen LogP contribution in [-0.4, -0.2) is 30.4 Å². The summed E-state index contributed by atoms with van der Waals surface area (Å²) >= 11 is 0. The van der Waals surface area contributed by atoms with E-state index in [9.17, 15) is 4.79 Å². The second-order valence-corrected chi connectivity index (χ2v) is 5.56. The molecule has 1 heterocycles. The van der Waals surface area contributed by atoms with Crippen molar-refractivity contribution in [2.24, 2.45) is 17.1 Å². The number of nitrogens with two attached hydrogens (primary N) is 1. The van der Waals surface area contributed by atoms with Gasteiger partial charge in [-0.2, -0.15) is 0 Å². The van der Waals surface area contributed by atoms with Crippen LogP contribution in [0.3, 0.4) is 0 Å². The Morgan fingerprint density at radius 3 is 2.69 bits per heavy atom. The summed E-state index contributed by atoms with van der Waals surface area (Å²) in [7, 11) is 0. The first-order valence-corrected chi connectivity index (χ1v) is 6.11. The van der Waals surface area contributed by atoms with E-state index in [2.05, 4.69) is 6.92 Å². The smallest absolute Gasteiger partial charge is 0.222 e. The maximum atomic E-state index is 11.9. The molecule has 2 aliphatic rings.